The van der Waals surface area contributed by atoms with Gasteiger partial charge < -0.3 is 5.32 Å². The first-order valence-electron chi connectivity index (χ1n) is 7.03. The number of hydrogen-bond acceptors (Lipinski definition) is 3. The lowest BCUT2D eigenvalue weighted by atomic mass is 10.1. The molecule has 0 saturated carbocycles. The number of nitrogens with zero attached hydrogens (tertiary/aromatic N) is 2. The van der Waals surface area contributed by atoms with Gasteiger partial charge in [-0.15, -0.1) is 0 Å². The summed E-state index contributed by atoms with van der Waals surface area (Å²) in [6.45, 7) is 7.49. The third-order valence-corrected chi connectivity index (χ3v) is 4.02. The summed E-state index contributed by atoms with van der Waals surface area (Å²) < 4.78 is 2.03. The van der Waals surface area contributed by atoms with Crippen LogP contribution in [0.1, 0.15) is 25.0 Å². The summed E-state index contributed by atoms with van der Waals surface area (Å²) in [6, 6.07) is 8.18. The highest BCUT2D eigenvalue weighted by Crippen LogP contribution is 2.18. The number of hydrogen-bond donors (Lipinski definition) is 1. The molecule has 5 heteroatoms. The minimum atomic E-state index is -0.0986. The molecule has 0 fully saturated rings. The van der Waals surface area contributed by atoms with Crippen molar-refractivity contribution < 1.29 is 0 Å². The minimum absolute atomic E-state index is 0.0986. The lowest BCUT2D eigenvalue weighted by Crippen LogP contribution is -2.26. The van der Waals surface area contributed by atoms with E-state index in [1.807, 2.05) is 12.1 Å². The molecule has 1 aromatic carbocycles. The third-order valence-electron chi connectivity index (χ3n) is 3.25. The first-order chi connectivity index (χ1) is 9.99. The Bertz CT molecular complexity index is 679. The first-order valence-corrected chi connectivity index (χ1v) is 7.82. The van der Waals surface area contributed by atoms with Crippen LogP contribution in [0, 0.1) is 12.8 Å². The Morgan fingerprint density at radius 1 is 1.33 bits per heavy atom. The molecule has 0 aliphatic heterocycles. The van der Waals surface area contributed by atoms with Crippen molar-refractivity contribution in [2.24, 2.45) is 5.92 Å². The Kier molecular flexibility index (Phi) is 5.17. The van der Waals surface area contributed by atoms with Crippen molar-refractivity contribution in [1.29, 1.82) is 0 Å². The summed E-state index contributed by atoms with van der Waals surface area (Å²) in [6.07, 6.45) is 1.70. The second-order valence-corrected chi connectivity index (χ2v) is 6.33. The van der Waals surface area contributed by atoms with E-state index >= 15 is 0 Å². The molecule has 112 valence electrons. The highest BCUT2D eigenvalue weighted by Gasteiger charge is 2.10. The largest absolute Gasteiger partial charge is 0.379 e. The van der Waals surface area contributed by atoms with Crippen molar-refractivity contribution in [3.05, 3.63) is 56.4 Å². The van der Waals surface area contributed by atoms with Gasteiger partial charge in [0.25, 0.3) is 5.56 Å². The van der Waals surface area contributed by atoms with Gasteiger partial charge in [0.05, 0.1) is 11.9 Å². The molecule has 2 rings (SSSR count). The Morgan fingerprint density at radius 3 is 2.71 bits per heavy atom. The van der Waals surface area contributed by atoms with E-state index in [1.54, 1.807) is 6.20 Å². The molecule has 0 bridgehead atoms. The summed E-state index contributed by atoms with van der Waals surface area (Å²) in [7, 11) is 0. The number of nitrogens with one attached hydrogen (secondary N) is 1. The topological polar surface area (TPSA) is 46.9 Å². The summed E-state index contributed by atoms with van der Waals surface area (Å²) in [5, 5.41) is 7.49. The average Bonchev–Trinajstić information content (AvgIpc) is 2.44. The molecule has 0 aliphatic rings. The van der Waals surface area contributed by atoms with Gasteiger partial charge in [-0.25, -0.2) is 4.68 Å². The molecule has 0 radical (unpaired) electrons. The zero-order valence-corrected chi connectivity index (χ0v) is 14.1. The number of rotatable bonds is 5. The molecule has 4 nitrogen and oxygen atoms in total. The SMILES string of the molecule is Cc1ccccc1CNc1cnn(CC(C)C)c(=O)c1Br. The maximum atomic E-state index is 12.2. The van der Waals surface area contributed by atoms with Crippen molar-refractivity contribution in [2.45, 2.75) is 33.9 Å². The normalized spacial score (nSPS) is 10.9. The maximum Gasteiger partial charge on any atom is 0.283 e. The van der Waals surface area contributed by atoms with Crippen LogP contribution >= 0.6 is 15.9 Å². The second-order valence-electron chi connectivity index (χ2n) is 5.53. The van der Waals surface area contributed by atoms with Crippen LogP contribution in [0.2, 0.25) is 0 Å². The van der Waals surface area contributed by atoms with E-state index in [2.05, 4.69) is 59.2 Å². The van der Waals surface area contributed by atoms with E-state index < -0.39 is 0 Å². The molecule has 0 saturated heterocycles. The van der Waals surface area contributed by atoms with E-state index in [0.29, 0.717) is 23.5 Å². The number of aromatic nitrogens is 2. The van der Waals surface area contributed by atoms with Gasteiger partial charge >= 0.3 is 0 Å². The van der Waals surface area contributed by atoms with Crippen molar-refractivity contribution in [3.63, 3.8) is 0 Å². The first kappa shape index (κ1) is 15.8. The third kappa shape index (κ3) is 3.94. The Morgan fingerprint density at radius 2 is 2.05 bits per heavy atom. The zero-order valence-electron chi connectivity index (χ0n) is 12.6. The van der Waals surface area contributed by atoms with Crippen molar-refractivity contribution in [1.82, 2.24) is 9.78 Å². The molecule has 0 unspecified atom stereocenters. The highest BCUT2D eigenvalue weighted by molar-refractivity contribution is 9.10. The van der Waals surface area contributed by atoms with Gasteiger partial charge in [-0.1, -0.05) is 38.1 Å². The lowest BCUT2D eigenvalue weighted by Gasteiger charge is -2.12. The standard InChI is InChI=1S/C16H20BrN3O/c1-11(2)10-20-16(21)15(17)14(9-19-20)18-8-13-7-5-4-6-12(13)3/h4-7,9,11,18H,8,10H2,1-3H3. The monoisotopic (exact) mass is 349 g/mol. The molecule has 1 heterocycles. The molecule has 0 amide bonds. The van der Waals surface area contributed by atoms with Crippen molar-refractivity contribution in [3.8, 4) is 0 Å². The van der Waals surface area contributed by atoms with Gasteiger partial charge in [-0.05, 0) is 39.9 Å². The van der Waals surface area contributed by atoms with Gasteiger partial charge in [-0.3, -0.25) is 4.79 Å². The quantitative estimate of drug-likeness (QED) is 0.897. The summed E-state index contributed by atoms with van der Waals surface area (Å²) in [5.41, 5.74) is 3.06. The Balaban J connectivity index is 2.17. The number of aryl methyl sites for hydroxylation is 1. The molecule has 2 aromatic rings. The second kappa shape index (κ2) is 6.89. The van der Waals surface area contributed by atoms with E-state index in [1.165, 1.54) is 15.8 Å². The number of anilines is 1. The summed E-state index contributed by atoms with van der Waals surface area (Å²) in [4.78, 5) is 12.2. The van der Waals surface area contributed by atoms with E-state index in [-0.39, 0.29) is 5.56 Å². The van der Waals surface area contributed by atoms with E-state index in [9.17, 15) is 4.79 Å². The molecule has 0 aliphatic carbocycles. The number of halogens is 1. The van der Waals surface area contributed by atoms with Crippen LogP contribution < -0.4 is 10.9 Å². The molecular formula is C16H20BrN3O. The predicted molar refractivity (Wildman–Crippen MR) is 89.5 cm³/mol. The summed E-state index contributed by atoms with van der Waals surface area (Å²) in [5.74, 6) is 0.382. The molecule has 0 spiro atoms. The Hall–Kier alpha value is -1.62. The fraction of sp³-hybridized carbons (Fsp3) is 0.375. The number of benzene rings is 1. The van der Waals surface area contributed by atoms with Crippen LogP contribution in [-0.2, 0) is 13.1 Å². The maximum absolute atomic E-state index is 12.2. The van der Waals surface area contributed by atoms with Crippen molar-refractivity contribution >= 4 is 21.6 Å². The van der Waals surface area contributed by atoms with Crippen molar-refractivity contribution in [2.75, 3.05) is 5.32 Å². The molecule has 0 atom stereocenters. The van der Waals surface area contributed by atoms with Crippen LogP contribution in [-0.4, -0.2) is 9.78 Å². The van der Waals surface area contributed by atoms with E-state index in [4.69, 9.17) is 0 Å². The molecule has 1 N–H and O–H groups in total. The van der Waals surface area contributed by atoms with Crippen LogP contribution in [0.25, 0.3) is 0 Å². The predicted octanol–water partition coefficient (Wildman–Crippen LogP) is 3.58. The van der Waals surface area contributed by atoms with Gasteiger partial charge in [0, 0.05) is 13.1 Å². The Labute approximate surface area is 133 Å². The summed E-state index contributed by atoms with van der Waals surface area (Å²) >= 11 is 3.38. The fourth-order valence-corrected chi connectivity index (χ4v) is 2.51. The fourth-order valence-electron chi connectivity index (χ4n) is 2.06. The van der Waals surface area contributed by atoms with Gasteiger partial charge in [0.15, 0.2) is 0 Å². The molecular weight excluding hydrogens is 330 g/mol. The van der Waals surface area contributed by atoms with Crippen LogP contribution in [0.15, 0.2) is 39.7 Å². The smallest absolute Gasteiger partial charge is 0.283 e. The van der Waals surface area contributed by atoms with Crippen LogP contribution in [0.4, 0.5) is 5.69 Å². The lowest BCUT2D eigenvalue weighted by molar-refractivity contribution is 0.462. The van der Waals surface area contributed by atoms with Gasteiger partial charge in [0.1, 0.15) is 4.47 Å². The average molecular weight is 350 g/mol. The highest BCUT2D eigenvalue weighted by atomic mass is 79.9. The van der Waals surface area contributed by atoms with Crippen LogP contribution in [0.5, 0.6) is 0 Å². The van der Waals surface area contributed by atoms with E-state index in [0.717, 1.165) is 5.69 Å². The molecule has 21 heavy (non-hydrogen) atoms. The van der Waals surface area contributed by atoms with Crippen LogP contribution in [0.3, 0.4) is 0 Å². The zero-order chi connectivity index (χ0) is 15.4. The van der Waals surface area contributed by atoms with Gasteiger partial charge in [-0.2, -0.15) is 5.10 Å². The van der Waals surface area contributed by atoms with Gasteiger partial charge in [0.2, 0.25) is 0 Å². The molecule has 1 aromatic heterocycles. The minimum Gasteiger partial charge on any atom is -0.379 e.